The van der Waals surface area contributed by atoms with Gasteiger partial charge in [-0.2, -0.15) is 0 Å². The van der Waals surface area contributed by atoms with Crippen molar-refractivity contribution in [3.63, 3.8) is 0 Å². The Balaban J connectivity index is 1.34. The van der Waals surface area contributed by atoms with Gasteiger partial charge in [-0.25, -0.2) is 4.79 Å². The van der Waals surface area contributed by atoms with Crippen molar-refractivity contribution in [2.75, 3.05) is 49.5 Å². The molecule has 3 rings (SSSR count). The molecule has 2 N–H and O–H groups in total. The molecule has 144 valence electrons. The minimum atomic E-state index is -0.138. The summed E-state index contributed by atoms with van der Waals surface area (Å²) in [7, 11) is 0. The van der Waals surface area contributed by atoms with Gasteiger partial charge in [0, 0.05) is 44.1 Å². The van der Waals surface area contributed by atoms with Crippen LogP contribution in [0.3, 0.4) is 0 Å². The summed E-state index contributed by atoms with van der Waals surface area (Å²) < 4.78 is 0. The van der Waals surface area contributed by atoms with Crippen LogP contribution in [0.2, 0.25) is 0 Å². The van der Waals surface area contributed by atoms with Crippen molar-refractivity contribution < 1.29 is 4.79 Å². The molecule has 1 aliphatic rings. The van der Waals surface area contributed by atoms with E-state index in [2.05, 4.69) is 52.5 Å². The number of nitrogens with one attached hydrogen (secondary N) is 2. The molecule has 5 nitrogen and oxygen atoms in total. The minimum Gasteiger partial charge on any atom is -0.369 e. The SMILES string of the molecule is Cc1ccc(C)c(N2CCN(CCCNC(=O)Nc3ccccc3)CC2)c1. The van der Waals surface area contributed by atoms with Crippen molar-refractivity contribution in [1.82, 2.24) is 10.2 Å². The van der Waals surface area contributed by atoms with Crippen LogP contribution >= 0.6 is 0 Å². The second kappa shape index (κ2) is 9.42. The van der Waals surface area contributed by atoms with Crippen LogP contribution in [-0.4, -0.2) is 50.2 Å². The van der Waals surface area contributed by atoms with Gasteiger partial charge in [-0.05, 0) is 56.1 Å². The number of hydrogen-bond acceptors (Lipinski definition) is 3. The molecule has 1 aliphatic heterocycles. The van der Waals surface area contributed by atoms with E-state index in [4.69, 9.17) is 0 Å². The lowest BCUT2D eigenvalue weighted by Gasteiger charge is -2.37. The van der Waals surface area contributed by atoms with Crippen LogP contribution in [0, 0.1) is 13.8 Å². The molecule has 0 bridgehead atoms. The number of piperazine rings is 1. The summed E-state index contributed by atoms with van der Waals surface area (Å²) in [5.74, 6) is 0. The first kappa shape index (κ1) is 19.2. The number of rotatable bonds is 6. The highest BCUT2D eigenvalue weighted by Crippen LogP contribution is 2.22. The molecule has 1 saturated heterocycles. The Bertz CT molecular complexity index is 739. The van der Waals surface area contributed by atoms with Gasteiger partial charge in [0.2, 0.25) is 0 Å². The van der Waals surface area contributed by atoms with Gasteiger partial charge in [0.1, 0.15) is 0 Å². The van der Waals surface area contributed by atoms with Crippen LogP contribution in [-0.2, 0) is 0 Å². The van der Waals surface area contributed by atoms with E-state index in [0.29, 0.717) is 6.54 Å². The maximum absolute atomic E-state index is 11.9. The summed E-state index contributed by atoms with van der Waals surface area (Å²) in [5.41, 5.74) is 4.85. The Morgan fingerprint density at radius 2 is 1.74 bits per heavy atom. The van der Waals surface area contributed by atoms with Gasteiger partial charge in [0.15, 0.2) is 0 Å². The number of amides is 2. The Labute approximate surface area is 162 Å². The Morgan fingerprint density at radius 3 is 2.48 bits per heavy atom. The standard InChI is InChI=1S/C22H30N4O/c1-18-9-10-19(2)21(17-18)26-15-13-25(14-16-26)12-6-11-23-22(27)24-20-7-4-3-5-8-20/h3-5,7-10,17H,6,11-16H2,1-2H3,(H2,23,24,27). The van der Waals surface area contributed by atoms with E-state index < -0.39 is 0 Å². The van der Waals surface area contributed by atoms with Crippen LogP contribution in [0.15, 0.2) is 48.5 Å². The number of benzene rings is 2. The topological polar surface area (TPSA) is 47.6 Å². The van der Waals surface area contributed by atoms with Crippen LogP contribution < -0.4 is 15.5 Å². The van der Waals surface area contributed by atoms with E-state index in [9.17, 15) is 4.79 Å². The Kier molecular flexibility index (Phi) is 6.71. The summed E-state index contributed by atoms with van der Waals surface area (Å²) in [5, 5.41) is 5.78. The van der Waals surface area contributed by atoms with E-state index in [0.717, 1.165) is 44.8 Å². The van der Waals surface area contributed by atoms with Crippen molar-refractivity contribution in [1.29, 1.82) is 0 Å². The zero-order chi connectivity index (χ0) is 19.1. The summed E-state index contributed by atoms with van der Waals surface area (Å²) in [6.45, 7) is 10.3. The molecule has 0 saturated carbocycles. The van der Waals surface area contributed by atoms with Crippen LogP contribution in [0.4, 0.5) is 16.2 Å². The van der Waals surface area contributed by atoms with E-state index in [-0.39, 0.29) is 6.03 Å². The summed E-state index contributed by atoms with van der Waals surface area (Å²) >= 11 is 0. The fraction of sp³-hybridized carbons (Fsp3) is 0.409. The fourth-order valence-corrected chi connectivity index (χ4v) is 3.47. The molecule has 0 atom stereocenters. The maximum Gasteiger partial charge on any atom is 0.319 e. The van der Waals surface area contributed by atoms with Crippen LogP contribution in [0.25, 0.3) is 0 Å². The predicted octanol–water partition coefficient (Wildman–Crippen LogP) is 3.64. The number of hydrogen-bond donors (Lipinski definition) is 2. The molecule has 0 unspecified atom stereocenters. The summed E-state index contributed by atoms with van der Waals surface area (Å²) in [4.78, 5) is 16.9. The molecular weight excluding hydrogens is 336 g/mol. The average Bonchev–Trinajstić information content (AvgIpc) is 2.68. The second-order valence-corrected chi connectivity index (χ2v) is 7.22. The number of anilines is 2. The molecular formula is C22H30N4O. The van der Waals surface area contributed by atoms with E-state index in [1.807, 2.05) is 30.3 Å². The van der Waals surface area contributed by atoms with E-state index in [1.165, 1.54) is 16.8 Å². The Morgan fingerprint density at radius 1 is 1.00 bits per heavy atom. The summed E-state index contributed by atoms with van der Waals surface area (Å²) in [6.07, 6.45) is 0.964. The van der Waals surface area contributed by atoms with Gasteiger partial charge in [-0.15, -0.1) is 0 Å². The van der Waals surface area contributed by atoms with Gasteiger partial charge >= 0.3 is 6.03 Å². The highest BCUT2D eigenvalue weighted by Gasteiger charge is 2.18. The first-order valence-corrected chi connectivity index (χ1v) is 9.76. The first-order valence-electron chi connectivity index (χ1n) is 9.76. The average molecular weight is 367 g/mol. The highest BCUT2D eigenvalue weighted by atomic mass is 16.2. The predicted molar refractivity (Wildman–Crippen MR) is 113 cm³/mol. The van der Waals surface area contributed by atoms with Gasteiger partial charge in [0.05, 0.1) is 0 Å². The maximum atomic E-state index is 11.9. The number of carbonyl (C=O) groups excluding carboxylic acids is 1. The van der Waals surface area contributed by atoms with Gasteiger partial charge < -0.3 is 15.5 Å². The van der Waals surface area contributed by atoms with Gasteiger partial charge in [-0.1, -0.05) is 30.3 Å². The Hall–Kier alpha value is -2.53. The third-order valence-electron chi connectivity index (χ3n) is 5.05. The third kappa shape index (κ3) is 5.73. The van der Waals surface area contributed by atoms with Crippen LogP contribution in [0.1, 0.15) is 17.5 Å². The number of nitrogens with zero attached hydrogens (tertiary/aromatic N) is 2. The molecule has 1 fully saturated rings. The van der Waals surface area contributed by atoms with Crippen LogP contribution in [0.5, 0.6) is 0 Å². The molecule has 0 radical (unpaired) electrons. The minimum absolute atomic E-state index is 0.138. The number of aryl methyl sites for hydroxylation is 2. The molecule has 0 spiro atoms. The fourth-order valence-electron chi connectivity index (χ4n) is 3.47. The quantitative estimate of drug-likeness (QED) is 0.768. The van der Waals surface area contributed by atoms with Crippen molar-refractivity contribution in [2.45, 2.75) is 20.3 Å². The molecule has 27 heavy (non-hydrogen) atoms. The normalized spacial score (nSPS) is 14.8. The smallest absolute Gasteiger partial charge is 0.319 e. The number of urea groups is 1. The second-order valence-electron chi connectivity index (χ2n) is 7.22. The van der Waals surface area contributed by atoms with Gasteiger partial charge in [0.25, 0.3) is 0 Å². The largest absolute Gasteiger partial charge is 0.369 e. The molecule has 0 aliphatic carbocycles. The molecule has 2 amide bonds. The molecule has 2 aromatic carbocycles. The zero-order valence-electron chi connectivity index (χ0n) is 16.4. The lowest BCUT2D eigenvalue weighted by molar-refractivity contribution is 0.244. The van der Waals surface area contributed by atoms with Crippen molar-refractivity contribution in [3.8, 4) is 0 Å². The van der Waals surface area contributed by atoms with Gasteiger partial charge in [-0.3, -0.25) is 4.90 Å². The van der Waals surface area contributed by atoms with E-state index >= 15 is 0 Å². The van der Waals surface area contributed by atoms with Crippen molar-refractivity contribution in [2.24, 2.45) is 0 Å². The lowest BCUT2D eigenvalue weighted by atomic mass is 10.1. The first-order chi connectivity index (χ1) is 13.1. The van der Waals surface area contributed by atoms with Crippen molar-refractivity contribution >= 4 is 17.4 Å². The third-order valence-corrected chi connectivity index (χ3v) is 5.05. The monoisotopic (exact) mass is 366 g/mol. The molecule has 2 aromatic rings. The molecule has 1 heterocycles. The highest BCUT2D eigenvalue weighted by molar-refractivity contribution is 5.89. The number of para-hydroxylation sites is 1. The van der Waals surface area contributed by atoms with Crippen molar-refractivity contribution in [3.05, 3.63) is 59.7 Å². The lowest BCUT2D eigenvalue weighted by Crippen LogP contribution is -2.47. The zero-order valence-corrected chi connectivity index (χ0v) is 16.4. The molecule has 0 aromatic heterocycles. The van der Waals surface area contributed by atoms with E-state index in [1.54, 1.807) is 0 Å². The molecule has 5 heteroatoms. The number of carbonyl (C=O) groups is 1. The summed E-state index contributed by atoms with van der Waals surface area (Å²) in [6, 6.07) is 16.1.